The number of hydrogen-bond acceptors (Lipinski definition) is 3. The zero-order valence-corrected chi connectivity index (χ0v) is 11.3. The van der Waals surface area contributed by atoms with Gasteiger partial charge in [-0.3, -0.25) is 4.98 Å². The summed E-state index contributed by atoms with van der Waals surface area (Å²) in [5, 5.41) is 15.3. The summed E-state index contributed by atoms with van der Waals surface area (Å²) in [6, 6.07) is 8.54. The van der Waals surface area contributed by atoms with Gasteiger partial charge in [0.25, 0.3) is 0 Å². The lowest BCUT2D eigenvalue weighted by molar-refractivity contribution is -0.148. The molecule has 3 N–H and O–H groups in total. The van der Waals surface area contributed by atoms with Crippen LogP contribution in [0.2, 0.25) is 0 Å². The average molecular weight is 285 g/mol. The lowest BCUT2D eigenvalue weighted by atomic mass is 9.77. The van der Waals surface area contributed by atoms with Crippen molar-refractivity contribution in [3.63, 3.8) is 0 Å². The van der Waals surface area contributed by atoms with Crippen molar-refractivity contribution >= 4 is 28.6 Å². The minimum atomic E-state index is -1.12. The number of carbonyl (C=O) groups excluding carboxylic acids is 1. The number of nitrogens with one attached hydrogen (secondary N) is 2. The first-order chi connectivity index (χ1) is 10.1. The Morgan fingerprint density at radius 3 is 2.67 bits per heavy atom. The molecule has 0 atom stereocenters. The zero-order valence-electron chi connectivity index (χ0n) is 11.3. The fourth-order valence-electron chi connectivity index (χ4n) is 2.51. The van der Waals surface area contributed by atoms with Gasteiger partial charge in [0.15, 0.2) is 0 Å². The number of hydrogen-bond donors (Lipinski definition) is 3. The number of fused-ring (bicyclic) bond motifs is 1. The third-order valence-electron chi connectivity index (χ3n) is 3.86. The minimum absolute atomic E-state index is 0.465. The van der Waals surface area contributed by atoms with Gasteiger partial charge >= 0.3 is 12.0 Å². The third-order valence-corrected chi connectivity index (χ3v) is 3.86. The van der Waals surface area contributed by atoms with Gasteiger partial charge < -0.3 is 15.7 Å². The highest BCUT2D eigenvalue weighted by Gasteiger charge is 2.45. The Balaban J connectivity index is 1.79. The molecule has 0 bridgehead atoms. The van der Waals surface area contributed by atoms with Crippen molar-refractivity contribution in [3.05, 3.63) is 36.5 Å². The van der Waals surface area contributed by atoms with Crippen LogP contribution >= 0.6 is 0 Å². The number of nitrogens with zero attached hydrogens (tertiary/aromatic N) is 1. The van der Waals surface area contributed by atoms with E-state index >= 15 is 0 Å². The number of rotatable bonds is 3. The maximum Gasteiger partial charge on any atom is 0.329 e. The van der Waals surface area contributed by atoms with Crippen molar-refractivity contribution in [1.29, 1.82) is 0 Å². The average Bonchev–Trinajstić information content (AvgIpc) is 2.43. The van der Waals surface area contributed by atoms with Gasteiger partial charge in [-0.1, -0.05) is 6.07 Å². The SMILES string of the molecule is O=C(Nc1cccc2ncccc12)NC1(C(=O)O)CCC1. The van der Waals surface area contributed by atoms with Gasteiger partial charge in [-0.2, -0.15) is 0 Å². The number of carbonyl (C=O) groups is 2. The fraction of sp³-hybridized carbons (Fsp3) is 0.267. The van der Waals surface area contributed by atoms with E-state index in [9.17, 15) is 14.7 Å². The molecule has 1 aliphatic rings. The van der Waals surface area contributed by atoms with Crippen LogP contribution < -0.4 is 10.6 Å². The Kier molecular flexibility index (Phi) is 3.21. The van der Waals surface area contributed by atoms with Crippen molar-refractivity contribution in [1.82, 2.24) is 10.3 Å². The monoisotopic (exact) mass is 285 g/mol. The van der Waals surface area contributed by atoms with E-state index in [-0.39, 0.29) is 0 Å². The molecule has 2 aromatic rings. The summed E-state index contributed by atoms with van der Waals surface area (Å²) in [6.07, 6.45) is 3.42. The molecule has 3 rings (SSSR count). The Labute approximate surface area is 121 Å². The largest absolute Gasteiger partial charge is 0.480 e. The topological polar surface area (TPSA) is 91.3 Å². The summed E-state index contributed by atoms with van der Waals surface area (Å²) in [7, 11) is 0. The Hall–Kier alpha value is -2.63. The Morgan fingerprint density at radius 2 is 2.00 bits per heavy atom. The Morgan fingerprint density at radius 1 is 1.19 bits per heavy atom. The van der Waals surface area contributed by atoms with Gasteiger partial charge in [-0.15, -0.1) is 0 Å². The highest BCUT2D eigenvalue weighted by molar-refractivity contribution is 6.01. The molecule has 0 spiro atoms. The number of benzene rings is 1. The second-order valence-electron chi connectivity index (χ2n) is 5.20. The van der Waals surface area contributed by atoms with Crippen LogP contribution in [0.1, 0.15) is 19.3 Å². The molecule has 0 unspecified atom stereocenters. The standard InChI is InChI=1S/C15H15N3O3/c19-13(20)15(7-3-8-15)18-14(21)17-12-6-1-5-11-10(12)4-2-9-16-11/h1-2,4-6,9H,3,7-8H2,(H,19,20)(H2,17,18,21). The first kappa shape index (κ1) is 13.4. The molecular formula is C15H15N3O3. The number of aromatic nitrogens is 1. The highest BCUT2D eigenvalue weighted by Crippen LogP contribution is 2.32. The van der Waals surface area contributed by atoms with Crippen molar-refractivity contribution in [2.24, 2.45) is 0 Å². The summed E-state index contributed by atoms with van der Waals surface area (Å²) < 4.78 is 0. The molecule has 6 nitrogen and oxygen atoms in total. The Bertz CT molecular complexity index is 705. The summed E-state index contributed by atoms with van der Waals surface area (Å²) in [6.45, 7) is 0. The number of carboxylic acids is 1. The molecule has 0 aliphatic heterocycles. The molecule has 108 valence electrons. The summed E-state index contributed by atoms with van der Waals surface area (Å²) >= 11 is 0. The molecular weight excluding hydrogens is 270 g/mol. The molecule has 6 heteroatoms. The molecule has 2 amide bonds. The number of pyridine rings is 1. The van der Waals surface area contributed by atoms with E-state index in [0.717, 1.165) is 17.3 Å². The molecule has 0 radical (unpaired) electrons. The number of amides is 2. The van der Waals surface area contributed by atoms with Gasteiger partial charge in [-0.05, 0) is 43.5 Å². The second kappa shape index (κ2) is 5.05. The summed E-state index contributed by atoms with van der Waals surface area (Å²) in [4.78, 5) is 27.5. The molecule has 1 aliphatic carbocycles. The maximum atomic E-state index is 12.1. The van der Waals surface area contributed by atoms with E-state index in [1.54, 1.807) is 24.4 Å². The maximum absolute atomic E-state index is 12.1. The van der Waals surface area contributed by atoms with Crippen LogP contribution in [-0.2, 0) is 4.79 Å². The predicted octanol–water partition coefficient (Wildman–Crippen LogP) is 2.36. The molecule has 1 aromatic heterocycles. The van der Waals surface area contributed by atoms with Crippen LogP contribution in [-0.4, -0.2) is 27.6 Å². The lowest BCUT2D eigenvalue weighted by Crippen LogP contribution is -2.60. The zero-order chi connectivity index (χ0) is 14.9. The molecule has 1 saturated carbocycles. The minimum Gasteiger partial charge on any atom is -0.480 e. The second-order valence-corrected chi connectivity index (χ2v) is 5.20. The van der Waals surface area contributed by atoms with Gasteiger partial charge in [-0.25, -0.2) is 9.59 Å². The van der Waals surface area contributed by atoms with E-state index in [1.165, 1.54) is 0 Å². The summed E-state index contributed by atoms with van der Waals surface area (Å²) in [5.74, 6) is -0.983. The lowest BCUT2D eigenvalue weighted by Gasteiger charge is -2.38. The quantitative estimate of drug-likeness (QED) is 0.807. The van der Waals surface area contributed by atoms with Crippen molar-refractivity contribution in [2.75, 3.05) is 5.32 Å². The van der Waals surface area contributed by atoms with Gasteiger partial charge in [0.05, 0.1) is 11.2 Å². The van der Waals surface area contributed by atoms with Crippen molar-refractivity contribution in [2.45, 2.75) is 24.8 Å². The van der Waals surface area contributed by atoms with Crippen LogP contribution in [0.15, 0.2) is 36.5 Å². The highest BCUT2D eigenvalue weighted by atomic mass is 16.4. The first-order valence-corrected chi connectivity index (χ1v) is 6.77. The van der Waals surface area contributed by atoms with E-state index in [4.69, 9.17) is 0 Å². The van der Waals surface area contributed by atoms with Crippen LogP contribution in [0.4, 0.5) is 10.5 Å². The van der Waals surface area contributed by atoms with Crippen LogP contribution in [0.5, 0.6) is 0 Å². The third kappa shape index (κ3) is 2.40. The first-order valence-electron chi connectivity index (χ1n) is 6.77. The smallest absolute Gasteiger partial charge is 0.329 e. The van der Waals surface area contributed by atoms with Crippen molar-refractivity contribution < 1.29 is 14.7 Å². The van der Waals surface area contributed by atoms with E-state index < -0.39 is 17.5 Å². The molecule has 21 heavy (non-hydrogen) atoms. The van der Waals surface area contributed by atoms with Gasteiger partial charge in [0.2, 0.25) is 0 Å². The fourth-order valence-corrected chi connectivity index (χ4v) is 2.51. The molecule has 1 aromatic carbocycles. The summed E-state index contributed by atoms with van der Waals surface area (Å²) in [5.41, 5.74) is 0.261. The van der Waals surface area contributed by atoms with E-state index in [2.05, 4.69) is 15.6 Å². The van der Waals surface area contributed by atoms with Crippen LogP contribution in [0, 0.1) is 0 Å². The van der Waals surface area contributed by atoms with E-state index in [0.29, 0.717) is 18.5 Å². The number of urea groups is 1. The van der Waals surface area contributed by atoms with E-state index in [1.807, 2.05) is 12.1 Å². The molecule has 0 saturated heterocycles. The number of carboxylic acid groups (broad SMARTS) is 1. The van der Waals surface area contributed by atoms with Gasteiger partial charge in [0.1, 0.15) is 5.54 Å². The van der Waals surface area contributed by atoms with Crippen molar-refractivity contribution in [3.8, 4) is 0 Å². The molecule has 1 fully saturated rings. The number of aliphatic carboxylic acids is 1. The number of anilines is 1. The van der Waals surface area contributed by atoms with Crippen LogP contribution in [0.25, 0.3) is 10.9 Å². The predicted molar refractivity (Wildman–Crippen MR) is 78.1 cm³/mol. The van der Waals surface area contributed by atoms with Gasteiger partial charge in [0, 0.05) is 11.6 Å². The molecule has 1 heterocycles. The van der Waals surface area contributed by atoms with Crippen LogP contribution in [0.3, 0.4) is 0 Å². The normalized spacial score (nSPS) is 16.0.